The first-order valence-corrected chi connectivity index (χ1v) is 13.0. The van der Waals surface area contributed by atoms with Gasteiger partial charge in [0.1, 0.15) is 16.0 Å². The summed E-state index contributed by atoms with van der Waals surface area (Å²) in [5, 5.41) is -0.513. The minimum Gasteiger partial charge on any atom is -0.444 e. The average Bonchev–Trinajstić information content (AvgIpc) is 3.18. The Morgan fingerprint density at radius 2 is 1.72 bits per heavy atom. The molecule has 2 aliphatic heterocycles. The minimum absolute atomic E-state index is 0.00906. The molecule has 3 heterocycles. The number of amides is 1. The summed E-state index contributed by atoms with van der Waals surface area (Å²) in [6, 6.07) is 2.92. The summed E-state index contributed by atoms with van der Waals surface area (Å²) in [5.74, 6) is 0.464. The van der Waals surface area contributed by atoms with Gasteiger partial charge in [0.25, 0.3) is 0 Å². The van der Waals surface area contributed by atoms with E-state index in [-0.39, 0.29) is 39.1 Å². The summed E-state index contributed by atoms with van der Waals surface area (Å²) in [4.78, 5) is 19.0. The van der Waals surface area contributed by atoms with Crippen molar-refractivity contribution < 1.29 is 22.4 Å². The van der Waals surface area contributed by atoms with Crippen LogP contribution in [-0.4, -0.2) is 47.3 Å². The van der Waals surface area contributed by atoms with Crippen molar-refractivity contribution >= 4 is 38.6 Å². The van der Waals surface area contributed by atoms with Crippen LogP contribution >= 0.6 is 11.6 Å². The van der Waals surface area contributed by atoms with E-state index in [0.717, 1.165) is 12.8 Å². The third-order valence-electron chi connectivity index (χ3n) is 6.12. The molecule has 0 saturated carbocycles. The quantitative estimate of drug-likeness (QED) is 0.562. The Kier molecular flexibility index (Phi) is 5.56. The summed E-state index contributed by atoms with van der Waals surface area (Å²) in [7, 11) is -3.81. The molecule has 1 aromatic heterocycles. The number of halogens is 1. The van der Waals surface area contributed by atoms with Crippen molar-refractivity contribution in [3.05, 3.63) is 23.0 Å². The monoisotopic (exact) mass is 482 g/mol. The molecule has 1 aromatic carbocycles. The lowest BCUT2D eigenvalue weighted by Gasteiger charge is -2.39. The topological polar surface area (TPSA) is 89.7 Å². The average molecular weight is 483 g/mol. The molecule has 2 atom stereocenters. The summed E-state index contributed by atoms with van der Waals surface area (Å²) in [5.41, 5.74) is -0.277. The van der Waals surface area contributed by atoms with Gasteiger partial charge in [-0.15, -0.1) is 0 Å². The van der Waals surface area contributed by atoms with Crippen molar-refractivity contribution in [2.75, 3.05) is 0 Å². The molecule has 0 aliphatic carbocycles. The zero-order chi connectivity index (χ0) is 23.6. The second-order valence-corrected chi connectivity index (χ2v) is 13.5. The minimum atomic E-state index is -3.81. The van der Waals surface area contributed by atoms with Crippen LogP contribution in [0.5, 0.6) is 0 Å². The largest absolute Gasteiger partial charge is 0.444 e. The fraction of sp³-hybridized carbons (Fsp3) is 0.652. The number of ether oxygens (including phenoxy) is 1. The lowest BCUT2D eigenvalue weighted by Crippen LogP contribution is -2.51. The van der Waals surface area contributed by atoms with Crippen LogP contribution in [0.4, 0.5) is 4.79 Å². The van der Waals surface area contributed by atoms with Gasteiger partial charge in [0, 0.05) is 17.5 Å². The molecule has 7 nitrogen and oxygen atoms in total. The van der Waals surface area contributed by atoms with Gasteiger partial charge >= 0.3 is 6.09 Å². The number of fused-ring (bicyclic) bond motifs is 3. The van der Waals surface area contributed by atoms with E-state index in [0.29, 0.717) is 24.2 Å². The highest BCUT2D eigenvalue weighted by molar-refractivity contribution is 7.92. The van der Waals surface area contributed by atoms with Gasteiger partial charge in [-0.3, -0.25) is 0 Å². The molecule has 1 amide bonds. The van der Waals surface area contributed by atoms with E-state index in [4.69, 9.17) is 20.8 Å². The number of hydrogen-bond donors (Lipinski definition) is 0. The molecular weight excluding hydrogens is 452 g/mol. The molecule has 0 N–H and O–H groups in total. The van der Waals surface area contributed by atoms with E-state index >= 15 is 0 Å². The third kappa shape index (κ3) is 4.12. The van der Waals surface area contributed by atoms with Crippen LogP contribution in [0.3, 0.4) is 0 Å². The van der Waals surface area contributed by atoms with Crippen molar-refractivity contribution in [3.63, 3.8) is 0 Å². The number of sulfone groups is 1. The molecule has 9 heteroatoms. The van der Waals surface area contributed by atoms with Gasteiger partial charge in [-0.25, -0.2) is 18.2 Å². The number of carbonyl (C=O) groups excluding carboxylic acids is 1. The first-order valence-electron chi connectivity index (χ1n) is 11.0. The molecule has 2 aromatic rings. The molecule has 176 valence electrons. The summed E-state index contributed by atoms with van der Waals surface area (Å²) in [6.45, 7) is 11.4. The Morgan fingerprint density at radius 1 is 1.12 bits per heavy atom. The number of rotatable bonds is 2. The lowest BCUT2D eigenvalue weighted by atomic mass is 9.97. The van der Waals surface area contributed by atoms with E-state index in [1.807, 2.05) is 41.5 Å². The zero-order valence-corrected chi connectivity index (χ0v) is 21.0. The molecular formula is C23H31ClN2O5S. The van der Waals surface area contributed by atoms with Crippen molar-refractivity contribution in [3.8, 4) is 0 Å². The SMILES string of the molecule is CC(C)(C)OC(=O)N1C2CCC1CC(S(=O)(=O)c1c(Cl)ccc3nc(C(C)(C)C)oc13)C2. The smallest absolute Gasteiger partial charge is 0.410 e. The first-order chi connectivity index (χ1) is 14.7. The fourth-order valence-electron chi connectivity index (χ4n) is 4.69. The van der Waals surface area contributed by atoms with Crippen molar-refractivity contribution in [2.24, 2.45) is 0 Å². The molecule has 32 heavy (non-hydrogen) atoms. The van der Waals surface area contributed by atoms with Crippen molar-refractivity contribution in [1.29, 1.82) is 0 Å². The maximum Gasteiger partial charge on any atom is 0.410 e. The number of piperidine rings is 1. The third-order valence-corrected chi connectivity index (χ3v) is 8.79. The predicted molar refractivity (Wildman–Crippen MR) is 123 cm³/mol. The van der Waals surface area contributed by atoms with E-state index < -0.39 is 20.7 Å². The van der Waals surface area contributed by atoms with Crippen LogP contribution in [0.2, 0.25) is 5.02 Å². The highest BCUT2D eigenvalue weighted by Gasteiger charge is 2.49. The number of hydrogen-bond acceptors (Lipinski definition) is 6. The van der Waals surface area contributed by atoms with Gasteiger partial charge in [-0.1, -0.05) is 32.4 Å². The number of benzene rings is 1. The van der Waals surface area contributed by atoms with Gasteiger partial charge in [0.15, 0.2) is 15.4 Å². The standard InChI is InChI=1S/C23H31ClN2O5S/c1-22(2,3)20-25-17-10-9-16(24)19(18(17)30-20)32(28,29)15-11-13-7-8-14(12-15)26(13)21(27)31-23(4,5)6/h9-10,13-15H,7-8,11-12H2,1-6H3. The van der Waals surface area contributed by atoms with Crippen LogP contribution in [0.1, 0.15) is 73.1 Å². The van der Waals surface area contributed by atoms with Crippen molar-refractivity contribution in [1.82, 2.24) is 9.88 Å². The van der Waals surface area contributed by atoms with Gasteiger partial charge in [0.05, 0.1) is 10.3 Å². The number of carbonyl (C=O) groups is 1. The fourth-order valence-corrected chi connectivity index (χ4v) is 7.19. The van der Waals surface area contributed by atoms with E-state index in [1.54, 1.807) is 17.0 Å². The molecule has 2 bridgehead atoms. The maximum atomic E-state index is 13.8. The summed E-state index contributed by atoms with van der Waals surface area (Å²) >= 11 is 6.42. The Morgan fingerprint density at radius 3 is 2.25 bits per heavy atom. The van der Waals surface area contributed by atoms with Gasteiger partial charge in [0.2, 0.25) is 5.89 Å². The Hall–Kier alpha value is -1.80. The maximum absolute atomic E-state index is 13.8. The van der Waals surface area contributed by atoms with Crippen molar-refractivity contribution in [2.45, 2.75) is 100 Å². The molecule has 0 spiro atoms. The molecule has 2 fully saturated rings. The van der Waals surface area contributed by atoms with Crippen LogP contribution in [0.15, 0.2) is 21.4 Å². The van der Waals surface area contributed by atoms with E-state index in [9.17, 15) is 13.2 Å². The number of nitrogens with zero attached hydrogens (tertiary/aromatic N) is 2. The van der Waals surface area contributed by atoms with Crippen LogP contribution in [0, 0.1) is 0 Å². The molecule has 2 saturated heterocycles. The molecule has 2 unspecified atom stereocenters. The van der Waals surface area contributed by atoms with Gasteiger partial charge in [-0.05, 0) is 58.6 Å². The second kappa shape index (κ2) is 7.62. The normalized spacial score (nSPS) is 24.2. The van der Waals surface area contributed by atoms with Gasteiger partial charge in [-0.2, -0.15) is 0 Å². The van der Waals surface area contributed by atoms with E-state index in [2.05, 4.69) is 4.98 Å². The predicted octanol–water partition coefficient (Wildman–Crippen LogP) is 5.48. The second-order valence-electron chi connectivity index (χ2n) is 10.9. The number of oxazole rings is 1. The Labute approximate surface area is 194 Å². The van der Waals surface area contributed by atoms with Crippen LogP contribution in [0.25, 0.3) is 11.1 Å². The highest BCUT2D eigenvalue weighted by Crippen LogP contribution is 2.43. The summed E-state index contributed by atoms with van der Waals surface area (Å²) < 4.78 is 39.1. The summed E-state index contributed by atoms with van der Waals surface area (Å²) in [6.07, 6.45) is 1.87. The number of aromatic nitrogens is 1. The Balaban J connectivity index is 1.68. The van der Waals surface area contributed by atoms with Gasteiger partial charge < -0.3 is 14.1 Å². The van der Waals surface area contributed by atoms with E-state index in [1.165, 1.54) is 0 Å². The first kappa shape index (κ1) is 23.4. The highest BCUT2D eigenvalue weighted by atomic mass is 35.5. The molecule has 4 rings (SSSR count). The molecule has 0 radical (unpaired) electrons. The zero-order valence-electron chi connectivity index (χ0n) is 19.4. The van der Waals surface area contributed by atoms with Crippen LogP contribution < -0.4 is 0 Å². The molecule has 2 aliphatic rings. The van der Waals surface area contributed by atoms with Crippen LogP contribution in [-0.2, 0) is 20.0 Å². The lowest BCUT2D eigenvalue weighted by molar-refractivity contribution is 0.00813. The Bertz CT molecular complexity index is 1150.